The average Bonchev–Trinajstić information content (AvgIpc) is 3.07. The summed E-state index contributed by atoms with van der Waals surface area (Å²) in [6, 6.07) is 9.45. The van der Waals surface area contributed by atoms with Crippen LogP contribution >= 0.6 is 0 Å². The van der Waals surface area contributed by atoms with E-state index in [-0.39, 0.29) is 5.56 Å². The van der Waals surface area contributed by atoms with Crippen LogP contribution in [0.4, 0.5) is 5.69 Å². The fraction of sp³-hybridized carbons (Fsp3) is 0.316. The number of hydrogen-bond acceptors (Lipinski definition) is 7. The number of anilines is 1. The number of rotatable bonds is 2. The van der Waals surface area contributed by atoms with Crippen molar-refractivity contribution in [1.29, 1.82) is 0 Å². The Hall–Kier alpha value is -3.33. The molecule has 1 fully saturated rings. The zero-order valence-electron chi connectivity index (χ0n) is 15.7. The minimum atomic E-state index is -0.137. The van der Waals surface area contributed by atoms with Gasteiger partial charge in [0, 0.05) is 37.9 Å². The minimum Gasteiger partial charge on any atom is -0.368 e. The van der Waals surface area contributed by atoms with Gasteiger partial charge in [0.2, 0.25) is 0 Å². The topological polar surface area (TPSA) is 92.7 Å². The van der Waals surface area contributed by atoms with Gasteiger partial charge >= 0.3 is 0 Å². The van der Waals surface area contributed by atoms with Crippen LogP contribution in [-0.4, -0.2) is 54.9 Å². The molecule has 0 amide bonds. The molecule has 5 rings (SSSR count). The largest absolute Gasteiger partial charge is 0.368 e. The first-order chi connectivity index (χ1) is 13.6. The zero-order chi connectivity index (χ0) is 19.3. The van der Waals surface area contributed by atoms with Gasteiger partial charge in [0.1, 0.15) is 17.2 Å². The Morgan fingerprint density at radius 3 is 2.79 bits per heavy atom. The van der Waals surface area contributed by atoms with E-state index in [4.69, 9.17) is 0 Å². The Morgan fingerprint density at radius 2 is 1.93 bits per heavy atom. The van der Waals surface area contributed by atoms with Gasteiger partial charge in [-0.1, -0.05) is 0 Å². The number of hydrogen-bond donors (Lipinski definition) is 1. The van der Waals surface area contributed by atoms with Crippen molar-refractivity contribution in [2.45, 2.75) is 19.9 Å². The quantitative estimate of drug-likeness (QED) is 0.556. The third-order valence-corrected chi connectivity index (χ3v) is 4.95. The fourth-order valence-electron chi connectivity index (χ4n) is 3.60. The molecule has 1 saturated heterocycles. The zero-order valence-corrected chi connectivity index (χ0v) is 15.7. The molecule has 0 spiro atoms. The maximum absolute atomic E-state index is 12.8. The van der Waals surface area contributed by atoms with Crippen LogP contribution in [0.3, 0.4) is 0 Å². The van der Waals surface area contributed by atoms with E-state index in [1.54, 1.807) is 10.5 Å². The molecule has 4 aromatic heterocycles. The summed E-state index contributed by atoms with van der Waals surface area (Å²) in [5.74, 6) is 0.644. The van der Waals surface area contributed by atoms with Gasteiger partial charge in [-0.3, -0.25) is 9.20 Å². The van der Waals surface area contributed by atoms with Crippen molar-refractivity contribution in [1.82, 2.24) is 34.5 Å². The van der Waals surface area contributed by atoms with Crippen LogP contribution in [0.15, 0.2) is 41.3 Å². The van der Waals surface area contributed by atoms with Crippen LogP contribution < -0.4 is 15.8 Å². The Morgan fingerprint density at radius 1 is 1.07 bits per heavy atom. The Balaban J connectivity index is 1.56. The molecule has 1 atom stereocenters. The monoisotopic (exact) mass is 376 g/mol. The van der Waals surface area contributed by atoms with Crippen molar-refractivity contribution in [3.63, 3.8) is 0 Å². The molecule has 0 aliphatic carbocycles. The predicted molar refractivity (Wildman–Crippen MR) is 106 cm³/mol. The average molecular weight is 376 g/mol. The highest BCUT2D eigenvalue weighted by Crippen LogP contribution is 2.18. The summed E-state index contributed by atoms with van der Waals surface area (Å²) < 4.78 is 3.05. The van der Waals surface area contributed by atoms with Crippen molar-refractivity contribution in [2.75, 3.05) is 24.5 Å². The van der Waals surface area contributed by atoms with Crippen LogP contribution in [0.1, 0.15) is 12.7 Å². The molecule has 5 heterocycles. The van der Waals surface area contributed by atoms with Gasteiger partial charge < -0.3 is 10.2 Å². The molecule has 1 N–H and O–H groups in total. The van der Waals surface area contributed by atoms with Crippen LogP contribution in [0, 0.1) is 6.92 Å². The van der Waals surface area contributed by atoms with Crippen molar-refractivity contribution in [2.24, 2.45) is 0 Å². The van der Waals surface area contributed by atoms with Crippen molar-refractivity contribution in [3.8, 4) is 11.4 Å². The number of fused-ring (bicyclic) bond motifs is 2. The van der Waals surface area contributed by atoms with E-state index in [0.717, 1.165) is 25.3 Å². The number of nitrogens with zero attached hydrogens (tertiary/aromatic N) is 7. The molecule has 0 saturated carbocycles. The molecule has 0 unspecified atom stereocenters. The standard InChI is InChI=1S/C19H20N8O/c1-12-10-25(8-7-20-12)14-3-5-17-22-16(9-19(28)26(17)11-14)15-4-6-18-21-13(2)23-27(18)24-15/h3-6,9,11-12,20H,7-8,10H2,1-2H3/t12-/m0/s1. The van der Waals surface area contributed by atoms with Gasteiger partial charge in [-0.25, -0.2) is 9.97 Å². The summed E-state index contributed by atoms with van der Waals surface area (Å²) in [6.45, 7) is 6.73. The second-order valence-electron chi connectivity index (χ2n) is 7.12. The van der Waals surface area contributed by atoms with E-state index in [1.807, 2.05) is 31.3 Å². The van der Waals surface area contributed by atoms with E-state index in [9.17, 15) is 4.79 Å². The molecule has 1 aliphatic heterocycles. The first-order valence-corrected chi connectivity index (χ1v) is 9.30. The van der Waals surface area contributed by atoms with Gasteiger partial charge in [0.25, 0.3) is 5.56 Å². The highest BCUT2D eigenvalue weighted by atomic mass is 16.1. The first kappa shape index (κ1) is 16.8. The van der Waals surface area contributed by atoms with E-state index < -0.39 is 0 Å². The molecule has 1 aliphatic rings. The number of piperazine rings is 1. The van der Waals surface area contributed by atoms with Gasteiger partial charge in [0.15, 0.2) is 5.65 Å². The van der Waals surface area contributed by atoms with Crippen molar-refractivity contribution in [3.05, 3.63) is 52.7 Å². The molecule has 0 aromatic carbocycles. The third-order valence-electron chi connectivity index (χ3n) is 4.95. The lowest BCUT2D eigenvalue weighted by molar-refractivity contribution is 0.484. The lowest BCUT2D eigenvalue weighted by Gasteiger charge is -2.33. The second kappa shape index (κ2) is 6.38. The van der Waals surface area contributed by atoms with Crippen molar-refractivity contribution >= 4 is 17.0 Å². The maximum Gasteiger partial charge on any atom is 0.258 e. The molecule has 9 heteroatoms. The van der Waals surface area contributed by atoms with Gasteiger partial charge in [-0.2, -0.15) is 0 Å². The van der Waals surface area contributed by atoms with Gasteiger partial charge in [-0.05, 0) is 38.1 Å². The Kier molecular flexibility index (Phi) is 3.83. The summed E-state index contributed by atoms with van der Waals surface area (Å²) in [7, 11) is 0. The lowest BCUT2D eigenvalue weighted by atomic mass is 10.2. The predicted octanol–water partition coefficient (Wildman–Crippen LogP) is 0.906. The lowest BCUT2D eigenvalue weighted by Crippen LogP contribution is -2.49. The molecular formula is C19H20N8O. The number of pyridine rings is 1. The molecule has 9 nitrogen and oxygen atoms in total. The van der Waals surface area contributed by atoms with Crippen LogP contribution in [-0.2, 0) is 0 Å². The fourth-order valence-corrected chi connectivity index (χ4v) is 3.60. The van der Waals surface area contributed by atoms with E-state index in [1.165, 1.54) is 10.7 Å². The second-order valence-corrected chi connectivity index (χ2v) is 7.12. The Bertz CT molecular complexity index is 1240. The maximum atomic E-state index is 12.8. The third kappa shape index (κ3) is 2.89. The summed E-state index contributed by atoms with van der Waals surface area (Å²) in [5, 5.41) is 12.1. The van der Waals surface area contributed by atoms with Crippen LogP contribution in [0.25, 0.3) is 22.7 Å². The molecular weight excluding hydrogens is 356 g/mol. The van der Waals surface area contributed by atoms with Crippen molar-refractivity contribution < 1.29 is 0 Å². The highest BCUT2D eigenvalue weighted by Gasteiger charge is 2.17. The van der Waals surface area contributed by atoms with Crippen LogP contribution in [0.5, 0.6) is 0 Å². The van der Waals surface area contributed by atoms with E-state index in [2.05, 4.69) is 37.3 Å². The highest BCUT2D eigenvalue weighted by molar-refractivity contribution is 5.60. The SMILES string of the molecule is Cc1nc2ccc(-c3cc(=O)n4cc(N5CCN[C@@H](C)C5)ccc4n3)nn2n1. The van der Waals surface area contributed by atoms with Crippen LogP contribution in [0.2, 0.25) is 0 Å². The molecule has 28 heavy (non-hydrogen) atoms. The van der Waals surface area contributed by atoms with E-state index >= 15 is 0 Å². The summed E-state index contributed by atoms with van der Waals surface area (Å²) in [5.41, 5.74) is 3.23. The minimum absolute atomic E-state index is 0.137. The number of aromatic nitrogens is 6. The summed E-state index contributed by atoms with van der Waals surface area (Å²) in [6.07, 6.45) is 1.86. The molecule has 0 radical (unpaired) electrons. The number of aryl methyl sites for hydroxylation is 1. The van der Waals surface area contributed by atoms with Gasteiger partial charge in [-0.15, -0.1) is 14.8 Å². The normalized spacial score (nSPS) is 17.5. The van der Waals surface area contributed by atoms with E-state index in [0.29, 0.717) is 34.5 Å². The first-order valence-electron chi connectivity index (χ1n) is 9.30. The number of nitrogens with one attached hydrogen (secondary N) is 1. The molecule has 4 aromatic rings. The Labute approximate surface area is 160 Å². The molecule has 0 bridgehead atoms. The summed E-state index contributed by atoms with van der Waals surface area (Å²) >= 11 is 0. The smallest absolute Gasteiger partial charge is 0.258 e. The van der Waals surface area contributed by atoms with Gasteiger partial charge in [0.05, 0.1) is 11.4 Å². The molecule has 142 valence electrons. The summed E-state index contributed by atoms with van der Waals surface area (Å²) in [4.78, 5) is 23.9.